The molecule has 5 nitrogen and oxygen atoms in total. The van der Waals surface area contributed by atoms with Crippen LogP contribution >= 0.6 is 11.3 Å². The average molecular weight is 430 g/mol. The minimum absolute atomic E-state index is 0.258. The first-order valence-corrected chi connectivity index (χ1v) is 10.8. The second-order valence-electron chi connectivity index (χ2n) is 7.08. The number of aryl methyl sites for hydroxylation is 1. The zero-order valence-electron chi connectivity index (χ0n) is 17.3. The predicted molar refractivity (Wildman–Crippen MR) is 126 cm³/mol. The van der Waals surface area contributed by atoms with Crippen molar-refractivity contribution in [2.45, 2.75) is 13.0 Å². The Balaban J connectivity index is 1.49. The van der Waals surface area contributed by atoms with E-state index in [2.05, 4.69) is 15.6 Å². The first-order valence-electron chi connectivity index (χ1n) is 9.92. The van der Waals surface area contributed by atoms with Gasteiger partial charge in [0.05, 0.1) is 18.8 Å². The summed E-state index contributed by atoms with van der Waals surface area (Å²) in [5.41, 5.74) is 4.85. The first-order chi connectivity index (χ1) is 15.1. The standard InChI is InChI=1S/C25H23N3O2S/c1-17-15-20(13-14-22(17)30-2)21-16-31-25(26-21)28-24(29)27-23(18-9-5-3-6-10-18)19-11-7-4-8-12-19/h3-16,23H,1-2H3,(H2,26,27,28,29). The molecule has 4 rings (SSSR count). The highest BCUT2D eigenvalue weighted by atomic mass is 32.1. The fourth-order valence-electron chi connectivity index (χ4n) is 3.42. The zero-order chi connectivity index (χ0) is 21.6. The van der Waals surface area contributed by atoms with E-state index in [1.807, 2.05) is 91.2 Å². The monoisotopic (exact) mass is 429 g/mol. The van der Waals surface area contributed by atoms with Crippen LogP contribution in [0.15, 0.2) is 84.2 Å². The Hall–Kier alpha value is -3.64. The summed E-state index contributed by atoms with van der Waals surface area (Å²) < 4.78 is 5.32. The minimum Gasteiger partial charge on any atom is -0.496 e. The third-order valence-corrected chi connectivity index (χ3v) is 5.71. The predicted octanol–water partition coefficient (Wildman–Crippen LogP) is 6.04. The van der Waals surface area contributed by atoms with Crippen molar-refractivity contribution in [2.75, 3.05) is 12.4 Å². The molecule has 1 aromatic heterocycles. The molecule has 0 saturated carbocycles. The van der Waals surface area contributed by atoms with E-state index >= 15 is 0 Å². The molecule has 156 valence electrons. The van der Waals surface area contributed by atoms with Crippen molar-refractivity contribution < 1.29 is 9.53 Å². The van der Waals surface area contributed by atoms with Crippen LogP contribution in [-0.4, -0.2) is 18.1 Å². The summed E-state index contributed by atoms with van der Waals surface area (Å²) in [5, 5.41) is 8.42. The minimum atomic E-state index is -0.301. The van der Waals surface area contributed by atoms with Gasteiger partial charge in [-0.1, -0.05) is 60.7 Å². The van der Waals surface area contributed by atoms with Crippen LogP contribution in [-0.2, 0) is 0 Å². The van der Waals surface area contributed by atoms with E-state index in [1.165, 1.54) is 11.3 Å². The van der Waals surface area contributed by atoms with Crippen LogP contribution in [0.3, 0.4) is 0 Å². The fourth-order valence-corrected chi connectivity index (χ4v) is 4.13. The van der Waals surface area contributed by atoms with Gasteiger partial charge in [0, 0.05) is 10.9 Å². The van der Waals surface area contributed by atoms with Gasteiger partial charge < -0.3 is 10.1 Å². The van der Waals surface area contributed by atoms with E-state index in [-0.39, 0.29) is 12.1 Å². The third kappa shape index (κ3) is 4.92. The Morgan fingerprint density at radius 3 is 2.19 bits per heavy atom. The van der Waals surface area contributed by atoms with E-state index in [1.54, 1.807) is 7.11 Å². The van der Waals surface area contributed by atoms with Crippen molar-refractivity contribution in [1.82, 2.24) is 10.3 Å². The van der Waals surface area contributed by atoms with Gasteiger partial charge in [0.15, 0.2) is 5.13 Å². The Morgan fingerprint density at radius 1 is 0.968 bits per heavy atom. The van der Waals surface area contributed by atoms with Crippen molar-refractivity contribution in [3.8, 4) is 17.0 Å². The number of amides is 2. The molecule has 31 heavy (non-hydrogen) atoms. The van der Waals surface area contributed by atoms with E-state index in [0.29, 0.717) is 5.13 Å². The van der Waals surface area contributed by atoms with Gasteiger partial charge in [-0.25, -0.2) is 9.78 Å². The number of hydrogen-bond acceptors (Lipinski definition) is 4. The number of nitrogens with zero attached hydrogens (tertiary/aromatic N) is 1. The van der Waals surface area contributed by atoms with Crippen LogP contribution in [0.1, 0.15) is 22.7 Å². The molecule has 0 aliphatic rings. The SMILES string of the molecule is COc1ccc(-c2csc(NC(=O)NC(c3ccccc3)c3ccccc3)n2)cc1C. The summed E-state index contributed by atoms with van der Waals surface area (Å²) in [6, 6.07) is 25.2. The van der Waals surface area contributed by atoms with Crippen LogP contribution in [0.4, 0.5) is 9.93 Å². The number of anilines is 1. The quantitative estimate of drug-likeness (QED) is 0.393. The maximum absolute atomic E-state index is 12.8. The molecular formula is C25H23N3O2S. The number of aromatic nitrogens is 1. The van der Waals surface area contributed by atoms with Crippen molar-refractivity contribution in [1.29, 1.82) is 0 Å². The largest absolute Gasteiger partial charge is 0.496 e. The molecule has 0 unspecified atom stereocenters. The summed E-state index contributed by atoms with van der Waals surface area (Å²) in [4.78, 5) is 17.4. The molecule has 0 aliphatic heterocycles. The number of carbonyl (C=O) groups excluding carboxylic acids is 1. The summed E-state index contributed by atoms with van der Waals surface area (Å²) in [6.45, 7) is 1.99. The zero-order valence-corrected chi connectivity index (χ0v) is 18.1. The van der Waals surface area contributed by atoms with E-state index in [0.717, 1.165) is 33.7 Å². The fraction of sp³-hybridized carbons (Fsp3) is 0.120. The molecule has 0 bridgehead atoms. The lowest BCUT2D eigenvalue weighted by Gasteiger charge is -2.19. The van der Waals surface area contributed by atoms with Gasteiger partial charge in [-0.05, 0) is 41.8 Å². The van der Waals surface area contributed by atoms with Gasteiger partial charge in [0.2, 0.25) is 0 Å². The van der Waals surface area contributed by atoms with Gasteiger partial charge in [-0.2, -0.15) is 0 Å². The number of nitrogens with one attached hydrogen (secondary N) is 2. The van der Waals surface area contributed by atoms with Gasteiger partial charge >= 0.3 is 6.03 Å². The third-order valence-electron chi connectivity index (χ3n) is 4.96. The maximum atomic E-state index is 12.8. The molecule has 1 heterocycles. The van der Waals surface area contributed by atoms with E-state index < -0.39 is 0 Å². The first kappa shape index (κ1) is 20.6. The van der Waals surface area contributed by atoms with Gasteiger partial charge in [-0.15, -0.1) is 11.3 Å². The van der Waals surface area contributed by atoms with Crippen molar-refractivity contribution in [3.05, 3.63) is 101 Å². The molecule has 0 aliphatic carbocycles. The molecule has 2 amide bonds. The Kier molecular flexibility index (Phi) is 6.29. The normalized spacial score (nSPS) is 10.7. The summed E-state index contributed by atoms with van der Waals surface area (Å²) in [7, 11) is 1.66. The lowest BCUT2D eigenvalue weighted by Crippen LogP contribution is -2.33. The molecule has 0 spiro atoms. The highest BCUT2D eigenvalue weighted by Crippen LogP contribution is 2.29. The molecule has 0 saturated heterocycles. The molecule has 2 N–H and O–H groups in total. The van der Waals surface area contributed by atoms with Crippen LogP contribution < -0.4 is 15.4 Å². The number of benzene rings is 3. The average Bonchev–Trinajstić information content (AvgIpc) is 3.27. The lowest BCUT2D eigenvalue weighted by atomic mass is 9.99. The smallest absolute Gasteiger partial charge is 0.321 e. The van der Waals surface area contributed by atoms with Gasteiger partial charge in [0.1, 0.15) is 5.75 Å². The Bertz CT molecular complexity index is 1120. The van der Waals surface area contributed by atoms with Crippen LogP contribution in [0.2, 0.25) is 0 Å². The number of ether oxygens (including phenoxy) is 1. The molecule has 3 aromatic carbocycles. The van der Waals surface area contributed by atoms with Crippen molar-refractivity contribution >= 4 is 22.5 Å². The van der Waals surface area contributed by atoms with E-state index in [9.17, 15) is 4.79 Å². The Labute approximate surface area is 185 Å². The number of urea groups is 1. The van der Waals surface area contributed by atoms with Crippen LogP contribution in [0.25, 0.3) is 11.3 Å². The van der Waals surface area contributed by atoms with Crippen LogP contribution in [0, 0.1) is 6.92 Å². The highest BCUT2D eigenvalue weighted by molar-refractivity contribution is 7.14. The number of rotatable bonds is 6. The van der Waals surface area contributed by atoms with Crippen molar-refractivity contribution in [2.24, 2.45) is 0 Å². The number of carbonyl (C=O) groups is 1. The summed E-state index contributed by atoms with van der Waals surface area (Å²) >= 11 is 1.39. The second-order valence-corrected chi connectivity index (χ2v) is 7.93. The molecule has 0 atom stereocenters. The number of methoxy groups -OCH3 is 1. The van der Waals surface area contributed by atoms with Gasteiger partial charge in [-0.3, -0.25) is 5.32 Å². The summed E-state index contributed by atoms with van der Waals surface area (Å²) in [5.74, 6) is 0.838. The second kappa shape index (κ2) is 9.45. The molecule has 0 fully saturated rings. The number of thiazole rings is 1. The topological polar surface area (TPSA) is 63.2 Å². The maximum Gasteiger partial charge on any atom is 0.321 e. The molecular weight excluding hydrogens is 406 g/mol. The number of hydrogen-bond donors (Lipinski definition) is 2. The summed E-state index contributed by atoms with van der Waals surface area (Å²) in [6.07, 6.45) is 0. The molecule has 0 radical (unpaired) electrons. The highest BCUT2D eigenvalue weighted by Gasteiger charge is 2.17. The van der Waals surface area contributed by atoms with Crippen molar-refractivity contribution in [3.63, 3.8) is 0 Å². The Morgan fingerprint density at radius 2 is 1.61 bits per heavy atom. The van der Waals surface area contributed by atoms with Crippen LogP contribution in [0.5, 0.6) is 5.75 Å². The van der Waals surface area contributed by atoms with E-state index in [4.69, 9.17) is 4.74 Å². The molecule has 4 aromatic rings. The lowest BCUT2D eigenvalue weighted by molar-refractivity contribution is 0.250. The van der Waals surface area contributed by atoms with Gasteiger partial charge in [0.25, 0.3) is 0 Å². The molecule has 6 heteroatoms.